The van der Waals surface area contributed by atoms with Gasteiger partial charge in [-0.3, -0.25) is 0 Å². The van der Waals surface area contributed by atoms with E-state index in [2.05, 4.69) is 71.1 Å². The van der Waals surface area contributed by atoms with E-state index in [-0.39, 0.29) is 5.41 Å². The van der Waals surface area contributed by atoms with Crippen molar-refractivity contribution in [3.05, 3.63) is 52.0 Å². The SMILES string of the molecule is CC1(C)c2cc(Br)ccc2-c2ccc(N3CCC3)cc21. The minimum atomic E-state index is 0.0926. The van der Waals surface area contributed by atoms with E-state index in [0.717, 1.165) is 0 Å². The van der Waals surface area contributed by atoms with E-state index in [4.69, 9.17) is 0 Å². The molecule has 2 aromatic carbocycles. The molecule has 2 aliphatic rings. The molecule has 2 heteroatoms. The molecule has 4 rings (SSSR count). The standard InChI is InChI=1S/C18H18BrN/c1-18(2)16-10-12(19)4-6-14(16)15-7-5-13(11-17(15)18)20-8-3-9-20/h4-7,10-11H,3,8-9H2,1-2H3. The van der Waals surface area contributed by atoms with E-state index in [0.29, 0.717) is 0 Å². The van der Waals surface area contributed by atoms with Crippen LogP contribution in [0.2, 0.25) is 0 Å². The van der Waals surface area contributed by atoms with Crippen molar-refractivity contribution in [3.63, 3.8) is 0 Å². The largest absolute Gasteiger partial charge is 0.371 e. The molecule has 1 fully saturated rings. The lowest BCUT2D eigenvalue weighted by molar-refractivity contribution is 0.614. The van der Waals surface area contributed by atoms with Crippen LogP contribution >= 0.6 is 15.9 Å². The Morgan fingerprint density at radius 1 is 0.950 bits per heavy atom. The van der Waals surface area contributed by atoms with Gasteiger partial charge in [0.15, 0.2) is 0 Å². The number of halogens is 1. The van der Waals surface area contributed by atoms with Gasteiger partial charge in [0.05, 0.1) is 0 Å². The summed E-state index contributed by atoms with van der Waals surface area (Å²) >= 11 is 3.61. The molecule has 20 heavy (non-hydrogen) atoms. The summed E-state index contributed by atoms with van der Waals surface area (Å²) in [6, 6.07) is 13.7. The molecule has 0 saturated carbocycles. The van der Waals surface area contributed by atoms with Crippen LogP contribution in [0.3, 0.4) is 0 Å². The fourth-order valence-corrected chi connectivity index (χ4v) is 3.83. The molecule has 0 aromatic heterocycles. The van der Waals surface area contributed by atoms with Gasteiger partial charge in [0, 0.05) is 28.7 Å². The van der Waals surface area contributed by atoms with Crippen LogP contribution in [0.1, 0.15) is 31.4 Å². The van der Waals surface area contributed by atoms with Crippen LogP contribution in [-0.2, 0) is 5.41 Å². The predicted molar refractivity (Wildman–Crippen MR) is 88.5 cm³/mol. The van der Waals surface area contributed by atoms with Gasteiger partial charge in [-0.15, -0.1) is 0 Å². The second-order valence-electron chi connectivity index (χ2n) is 6.39. The normalized spacial score (nSPS) is 18.4. The molecule has 1 aliphatic carbocycles. The van der Waals surface area contributed by atoms with E-state index < -0.39 is 0 Å². The average Bonchev–Trinajstić information content (AvgIpc) is 2.57. The number of nitrogens with zero attached hydrogens (tertiary/aromatic N) is 1. The molecule has 1 aliphatic heterocycles. The summed E-state index contributed by atoms with van der Waals surface area (Å²) in [5.74, 6) is 0. The molecular weight excluding hydrogens is 310 g/mol. The molecule has 0 radical (unpaired) electrons. The van der Waals surface area contributed by atoms with Crippen molar-refractivity contribution < 1.29 is 0 Å². The number of anilines is 1. The van der Waals surface area contributed by atoms with Crippen molar-refractivity contribution in [3.8, 4) is 11.1 Å². The Labute approximate surface area is 128 Å². The Balaban J connectivity index is 1.91. The van der Waals surface area contributed by atoms with Crippen LogP contribution in [0.15, 0.2) is 40.9 Å². The molecule has 1 heterocycles. The maximum atomic E-state index is 3.61. The third-order valence-corrected chi connectivity index (χ3v) is 5.34. The van der Waals surface area contributed by atoms with Crippen LogP contribution in [0.5, 0.6) is 0 Å². The highest BCUT2D eigenvalue weighted by molar-refractivity contribution is 9.10. The molecule has 0 unspecified atom stereocenters. The lowest BCUT2D eigenvalue weighted by atomic mass is 9.82. The number of hydrogen-bond donors (Lipinski definition) is 0. The maximum Gasteiger partial charge on any atom is 0.0369 e. The van der Waals surface area contributed by atoms with E-state index in [1.54, 1.807) is 0 Å². The van der Waals surface area contributed by atoms with Crippen molar-refractivity contribution in [2.45, 2.75) is 25.7 Å². The zero-order valence-corrected chi connectivity index (χ0v) is 13.5. The molecule has 0 bridgehead atoms. The van der Waals surface area contributed by atoms with Crippen molar-refractivity contribution >= 4 is 21.6 Å². The van der Waals surface area contributed by atoms with Gasteiger partial charge in [0.25, 0.3) is 0 Å². The fraction of sp³-hybridized carbons (Fsp3) is 0.333. The molecule has 0 spiro atoms. The Hall–Kier alpha value is -1.28. The molecule has 102 valence electrons. The molecule has 1 nitrogen and oxygen atoms in total. The minimum Gasteiger partial charge on any atom is -0.371 e. The van der Waals surface area contributed by atoms with Gasteiger partial charge in [-0.05, 0) is 52.9 Å². The molecule has 2 aromatic rings. The first-order valence-electron chi connectivity index (χ1n) is 7.27. The highest BCUT2D eigenvalue weighted by Gasteiger charge is 2.36. The Morgan fingerprint density at radius 3 is 2.25 bits per heavy atom. The summed E-state index contributed by atoms with van der Waals surface area (Å²) in [4.78, 5) is 2.47. The maximum absolute atomic E-state index is 3.61. The van der Waals surface area contributed by atoms with Crippen LogP contribution in [-0.4, -0.2) is 13.1 Å². The Kier molecular flexibility index (Phi) is 2.56. The van der Waals surface area contributed by atoms with Crippen LogP contribution in [0, 0.1) is 0 Å². The van der Waals surface area contributed by atoms with Gasteiger partial charge in [-0.25, -0.2) is 0 Å². The number of hydrogen-bond acceptors (Lipinski definition) is 1. The quantitative estimate of drug-likeness (QED) is 0.715. The van der Waals surface area contributed by atoms with Crippen molar-refractivity contribution in [2.24, 2.45) is 0 Å². The predicted octanol–water partition coefficient (Wildman–Crippen LogP) is 4.97. The zero-order chi connectivity index (χ0) is 13.9. The molecule has 0 amide bonds. The highest BCUT2D eigenvalue weighted by atomic mass is 79.9. The zero-order valence-electron chi connectivity index (χ0n) is 11.9. The fourth-order valence-electron chi connectivity index (χ4n) is 3.47. The monoisotopic (exact) mass is 327 g/mol. The van der Waals surface area contributed by atoms with Gasteiger partial charge < -0.3 is 4.90 Å². The molecule has 0 N–H and O–H groups in total. The summed E-state index contributed by atoms with van der Waals surface area (Å²) in [6.45, 7) is 7.09. The highest BCUT2D eigenvalue weighted by Crippen LogP contribution is 2.50. The van der Waals surface area contributed by atoms with Gasteiger partial charge in [0.2, 0.25) is 0 Å². The van der Waals surface area contributed by atoms with E-state index >= 15 is 0 Å². The topological polar surface area (TPSA) is 3.24 Å². The lowest BCUT2D eigenvalue weighted by Crippen LogP contribution is -2.37. The minimum absolute atomic E-state index is 0.0926. The third kappa shape index (κ3) is 1.61. The van der Waals surface area contributed by atoms with Crippen molar-refractivity contribution in [2.75, 3.05) is 18.0 Å². The van der Waals surface area contributed by atoms with Crippen LogP contribution in [0.4, 0.5) is 5.69 Å². The third-order valence-electron chi connectivity index (χ3n) is 4.84. The van der Waals surface area contributed by atoms with E-state index in [9.17, 15) is 0 Å². The van der Waals surface area contributed by atoms with Gasteiger partial charge >= 0.3 is 0 Å². The van der Waals surface area contributed by atoms with E-state index in [1.165, 1.54) is 51.9 Å². The van der Waals surface area contributed by atoms with Gasteiger partial charge in [0.1, 0.15) is 0 Å². The first-order valence-corrected chi connectivity index (χ1v) is 8.06. The summed E-state index contributed by atoms with van der Waals surface area (Å²) in [5.41, 5.74) is 7.17. The van der Waals surface area contributed by atoms with E-state index in [1.807, 2.05) is 0 Å². The molecule has 0 atom stereocenters. The van der Waals surface area contributed by atoms with Crippen molar-refractivity contribution in [1.82, 2.24) is 0 Å². The smallest absolute Gasteiger partial charge is 0.0369 e. The Morgan fingerprint density at radius 2 is 1.60 bits per heavy atom. The number of rotatable bonds is 1. The lowest BCUT2D eigenvalue weighted by Gasteiger charge is -2.34. The van der Waals surface area contributed by atoms with Crippen molar-refractivity contribution in [1.29, 1.82) is 0 Å². The summed E-state index contributed by atoms with van der Waals surface area (Å²) < 4.78 is 1.17. The Bertz CT molecular complexity index is 699. The van der Waals surface area contributed by atoms with Gasteiger partial charge in [-0.1, -0.05) is 41.9 Å². The summed E-state index contributed by atoms with van der Waals surface area (Å²) in [5, 5.41) is 0. The first-order chi connectivity index (χ1) is 9.57. The van der Waals surface area contributed by atoms with Crippen LogP contribution in [0.25, 0.3) is 11.1 Å². The second-order valence-corrected chi connectivity index (χ2v) is 7.30. The number of fused-ring (bicyclic) bond motifs is 3. The van der Waals surface area contributed by atoms with Crippen LogP contribution < -0.4 is 4.90 Å². The molecule has 1 saturated heterocycles. The van der Waals surface area contributed by atoms with Gasteiger partial charge in [-0.2, -0.15) is 0 Å². The summed E-state index contributed by atoms with van der Waals surface area (Å²) in [6.07, 6.45) is 1.33. The molecular formula is C18H18BrN. The number of benzene rings is 2. The first kappa shape index (κ1) is 12.5. The average molecular weight is 328 g/mol. The summed E-state index contributed by atoms with van der Waals surface area (Å²) in [7, 11) is 0. The second kappa shape index (κ2) is 4.11.